The number of nitrogens with zero attached hydrogens (tertiary/aromatic N) is 2. The summed E-state index contributed by atoms with van der Waals surface area (Å²) in [5, 5.41) is 0. The van der Waals surface area contributed by atoms with Gasteiger partial charge in [-0.15, -0.1) is 0 Å². The summed E-state index contributed by atoms with van der Waals surface area (Å²) in [4.78, 5) is 28.9. The van der Waals surface area contributed by atoms with Crippen molar-refractivity contribution in [3.05, 3.63) is 29.8 Å². The van der Waals surface area contributed by atoms with Crippen LogP contribution in [-0.4, -0.2) is 60.6 Å². The Balaban J connectivity index is 1.64. The number of amides is 2. The molecule has 0 spiro atoms. The van der Waals surface area contributed by atoms with E-state index in [0.717, 1.165) is 11.3 Å². The molecule has 0 unspecified atom stereocenters. The fourth-order valence-electron chi connectivity index (χ4n) is 3.53. The van der Waals surface area contributed by atoms with E-state index in [-0.39, 0.29) is 23.3 Å². The average molecular weight is 346 g/mol. The van der Waals surface area contributed by atoms with E-state index in [1.165, 1.54) is 0 Å². The maximum atomic E-state index is 12.9. The summed E-state index contributed by atoms with van der Waals surface area (Å²) in [5.74, 6) is 0.640. The predicted octanol–water partition coefficient (Wildman–Crippen LogP) is 1.68. The zero-order valence-corrected chi connectivity index (χ0v) is 15.2. The van der Waals surface area contributed by atoms with E-state index < -0.39 is 0 Å². The molecule has 25 heavy (non-hydrogen) atoms. The Bertz CT molecular complexity index is 641. The summed E-state index contributed by atoms with van der Waals surface area (Å²) in [6.45, 7) is 6.72. The molecule has 2 saturated heterocycles. The Hall–Kier alpha value is -2.08. The standard InChI is InChI=1S/C19H26N2O4/c1-19(2)13-25-9-8-21(19)18(23)15-10-17(22)20(12-15)11-14-4-6-16(24-3)7-5-14/h4-7,15H,8-13H2,1-3H3/t15-/m0/s1. The summed E-state index contributed by atoms with van der Waals surface area (Å²) in [6, 6.07) is 7.67. The number of hydrogen-bond donors (Lipinski definition) is 0. The van der Waals surface area contributed by atoms with Crippen molar-refractivity contribution >= 4 is 11.8 Å². The fraction of sp³-hybridized carbons (Fsp3) is 0.579. The summed E-state index contributed by atoms with van der Waals surface area (Å²) < 4.78 is 10.6. The molecule has 0 saturated carbocycles. The topological polar surface area (TPSA) is 59.1 Å². The van der Waals surface area contributed by atoms with Crippen molar-refractivity contribution in [3.8, 4) is 5.75 Å². The molecule has 6 nitrogen and oxygen atoms in total. The van der Waals surface area contributed by atoms with E-state index >= 15 is 0 Å². The monoisotopic (exact) mass is 346 g/mol. The number of methoxy groups -OCH3 is 1. The van der Waals surface area contributed by atoms with Gasteiger partial charge in [0.1, 0.15) is 5.75 Å². The molecule has 1 aromatic carbocycles. The molecular formula is C19H26N2O4. The molecule has 0 bridgehead atoms. The second-order valence-corrected chi connectivity index (χ2v) is 7.38. The zero-order valence-electron chi connectivity index (χ0n) is 15.2. The SMILES string of the molecule is COc1ccc(CN2C[C@@H](C(=O)N3CCOCC3(C)C)CC2=O)cc1. The third-order valence-corrected chi connectivity index (χ3v) is 5.01. The molecule has 1 aromatic rings. The van der Waals surface area contributed by atoms with Gasteiger partial charge < -0.3 is 19.3 Å². The first kappa shape index (κ1) is 17.7. The van der Waals surface area contributed by atoms with E-state index in [4.69, 9.17) is 9.47 Å². The van der Waals surface area contributed by atoms with Crippen molar-refractivity contribution in [1.29, 1.82) is 0 Å². The highest BCUT2D eigenvalue weighted by molar-refractivity contribution is 5.89. The summed E-state index contributed by atoms with van der Waals surface area (Å²) in [7, 11) is 1.63. The largest absolute Gasteiger partial charge is 0.497 e. The summed E-state index contributed by atoms with van der Waals surface area (Å²) in [5.41, 5.74) is 0.718. The average Bonchev–Trinajstić information content (AvgIpc) is 2.95. The predicted molar refractivity (Wildman–Crippen MR) is 93.1 cm³/mol. The minimum absolute atomic E-state index is 0.0419. The van der Waals surface area contributed by atoms with Crippen LogP contribution in [0.25, 0.3) is 0 Å². The molecule has 2 aliphatic rings. The molecule has 2 aliphatic heterocycles. The zero-order chi connectivity index (χ0) is 18.0. The number of benzene rings is 1. The highest BCUT2D eigenvalue weighted by Gasteiger charge is 2.41. The lowest BCUT2D eigenvalue weighted by molar-refractivity contribution is -0.150. The lowest BCUT2D eigenvalue weighted by Crippen LogP contribution is -2.57. The number of carbonyl (C=O) groups excluding carboxylic acids is 2. The third kappa shape index (κ3) is 3.79. The Morgan fingerprint density at radius 1 is 1.32 bits per heavy atom. The lowest BCUT2D eigenvalue weighted by Gasteiger charge is -2.43. The van der Waals surface area contributed by atoms with Crippen molar-refractivity contribution in [2.45, 2.75) is 32.4 Å². The van der Waals surface area contributed by atoms with Crippen LogP contribution in [-0.2, 0) is 20.9 Å². The van der Waals surface area contributed by atoms with E-state index in [1.54, 1.807) is 12.0 Å². The van der Waals surface area contributed by atoms with Gasteiger partial charge in [0.25, 0.3) is 0 Å². The van der Waals surface area contributed by atoms with Gasteiger partial charge in [-0.25, -0.2) is 0 Å². The first-order chi connectivity index (χ1) is 11.9. The van der Waals surface area contributed by atoms with Crippen LogP contribution in [0.5, 0.6) is 5.75 Å². The molecular weight excluding hydrogens is 320 g/mol. The molecule has 0 aliphatic carbocycles. The van der Waals surface area contributed by atoms with Crippen LogP contribution in [0.3, 0.4) is 0 Å². The number of morpholine rings is 1. The van der Waals surface area contributed by atoms with Gasteiger partial charge in [0.05, 0.1) is 31.8 Å². The molecule has 2 heterocycles. The molecule has 3 rings (SSSR count). The van der Waals surface area contributed by atoms with Crippen molar-refractivity contribution in [1.82, 2.24) is 9.80 Å². The van der Waals surface area contributed by atoms with Crippen molar-refractivity contribution in [2.75, 3.05) is 33.4 Å². The summed E-state index contributed by atoms with van der Waals surface area (Å²) in [6.07, 6.45) is 0.294. The van der Waals surface area contributed by atoms with Crippen molar-refractivity contribution in [2.24, 2.45) is 5.92 Å². The van der Waals surface area contributed by atoms with Gasteiger partial charge in [-0.2, -0.15) is 0 Å². The number of rotatable bonds is 4. The molecule has 0 N–H and O–H groups in total. The van der Waals surface area contributed by atoms with Gasteiger partial charge in [-0.1, -0.05) is 12.1 Å². The van der Waals surface area contributed by atoms with Gasteiger partial charge >= 0.3 is 0 Å². The van der Waals surface area contributed by atoms with E-state index in [9.17, 15) is 9.59 Å². The van der Waals surface area contributed by atoms with Gasteiger partial charge in [0.2, 0.25) is 11.8 Å². The smallest absolute Gasteiger partial charge is 0.228 e. The highest BCUT2D eigenvalue weighted by atomic mass is 16.5. The molecule has 0 radical (unpaired) electrons. The van der Waals surface area contributed by atoms with Crippen LogP contribution < -0.4 is 4.74 Å². The number of carbonyl (C=O) groups is 2. The number of likely N-dealkylation sites (tertiary alicyclic amines) is 1. The van der Waals surface area contributed by atoms with E-state index in [1.807, 2.05) is 43.0 Å². The second kappa shape index (κ2) is 7.04. The molecule has 1 atom stereocenters. The van der Waals surface area contributed by atoms with Crippen LogP contribution in [0.4, 0.5) is 0 Å². The Morgan fingerprint density at radius 2 is 2.04 bits per heavy atom. The molecule has 0 aromatic heterocycles. The Kier molecular flexibility index (Phi) is 4.99. The number of ether oxygens (including phenoxy) is 2. The first-order valence-corrected chi connectivity index (χ1v) is 8.70. The van der Waals surface area contributed by atoms with E-state index in [2.05, 4.69) is 0 Å². The molecule has 136 valence electrons. The van der Waals surface area contributed by atoms with Crippen LogP contribution in [0.15, 0.2) is 24.3 Å². The molecule has 6 heteroatoms. The minimum Gasteiger partial charge on any atom is -0.497 e. The Morgan fingerprint density at radius 3 is 2.68 bits per heavy atom. The van der Waals surface area contributed by atoms with Crippen molar-refractivity contribution in [3.63, 3.8) is 0 Å². The van der Waals surface area contributed by atoms with Gasteiger partial charge in [-0.05, 0) is 31.5 Å². The number of hydrogen-bond acceptors (Lipinski definition) is 4. The minimum atomic E-state index is -0.318. The molecule has 2 amide bonds. The Labute approximate surface area is 148 Å². The normalized spacial score (nSPS) is 23.0. The summed E-state index contributed by atoms with van der Waals surface area (Å²) >= 11 is 0. The first-order valence-electron chi connectivity index (χ1n) is 8.70. The second-order valence-electron chi connectivity index (χ2n) is 7.38. The van der Waals surface area contributed by atoms with Gasteiger partial charge in [0, 0.05) is 26.1 Å². The van der Waals surface area contributed by atoms with Crippen molar-refractivity contribution < 1.29 is 19.1 Å². The third-order valence-electron chi connectivity index (χ3n) is 5.01. The van der Waals surface area contributed by atoms with Crippen LogP contribution in [0.2, 0.25) is 0 Å². The van der Waals surface area contributed by atoms with Crippen LogP contribution in [0, 0.1) is 5.92 Å². The van der Waals surface area contributed by atoms with Gasteiger partial charge in [0.15, 0.2) is 0 Å². The van der Waals surface area contributed by atoms with Crippen LogP contribution >= 0.6 is 0 Å². The van der Waals surface area contributed by atoms with E-state index in [0.29, 0.717) is 39.3 Å². The lowest BCUT2D eigenvalue weighted by atomic mass is 9.98. The quantitative estimate of drug-likeness (QED) is 0.832. The molecule has 2 fully saturated rings. The fourth-order valence-corrected chi connectivity index (χ4v) is 3.53. The highest BCUT2D eigenvalue weighted by Crippen LogP contribution is 2.27. The maximum Gasteiger partial charge on any atom is 0.228 e. The van der Waals surface area contributed by atoms with Crippen LogP contribution in [0.1, 0.15) is 25.8 Å². The van der Waals surface area contributed by atoms with Gasteiger partial charge in [-0.3, -0.25) is 9.59 Å². The maximum absolute atomic E-state index is 12.9.